The molecule has 0 aliphatic heterocycles. The van der Waals surface area contributed by atoms with Crippen molar-refractivity contribution in [3.05, 3.63) is 26.9 Å². The first-order valence-corrected chi connectivity index (χ1v) is 7.28. The van der Waals surface area contributed by atoms with E-state index < -0.39 is 0 Å². The fraction of sp³-hybridized carbons (Fsp3) is 0.455. The van der Waals surface area contributed by atoms with Crippen molar-refractivity contribution in [3.63, 3.8) is 0 Å². The number of carbonyl (C=O) groups is 1. The molecule has 0 spiro atoms. The molecule has 0 aliphatic rings. The number of rotatable bonds is 5. The monoisotopic (exact) mass is 328 g/mol. The lowest BCUT2D eigenvalue weighted by Crippen LogP contribution is -2.09. The Morgan fingerprint density at radius 2 is 2.28 bits per heavy atom. The molecule has 0 bridgehead atoms. The third-order valence-corrected chi connectivity index (χ3v) is 4.28. The third kappa shape index (κ3) is 2.51. The van der Waals surface area contributed by atoms with E-state index in [1.165, 1.54) is 6.20 Å². The van der Waals surface area contributed by atoms with Gasteiger partial charge in [-0.05, 0) is 40.8 Å². The molecule has 5 nitrogen and oxygen atoms in total. The predicted octanol–water partition coefficient (Wildman–Crippen LogP) is 2.50. The second kappa shape index (κ2) is 5.71. The quantitative estimate of drug-likeness (QED) is 0.791. The zero-order valence-electron chi connectivity index (χ0n) is 10.2. The van der Waals surface area contributed by atoms with Gasteiger partial charge >= 0.3 is 0 Å². The number of hydrogen-bond acceptors (Lipinski definition) is 5. The number of hydrogen-bond donors (Lipinski definition) is 0. The molecule has 0 aromatic carbocycles. The number of nitrogens with zero attached hydrogens (tertiary/aromatic N) is 4. The van der Waals surface area contributed by atoms with Crippen LogP contribution >= 0.6 is 27.5 Å². The minimum absolute atomic E-state index is 0.0305. The van der Waals surface area contributed by atoms with Crippen molar-refractivity contribution in [1.29, 1.82) is 0 Å². The van der Waals surface area contributed by atoms with Crippen molar-refractivity contribution in [2.45, 2.75) is 33.2 Å². The molecular formula is C11H13BrN4OS. The molecule has 2 heterocycles. The first-order chi connectivity index (χ1) is 8.67. The van der Waals surface area contributed by atoms with Gasteiger partial charge in [-0.25, -0.2) is 0 Å². The summed E-state index contributed by atoms with van der Waals surface area (Å²) < 4.78 is 6.52. The number of halogens is 1. The Bertz CT molecular complexity index is 550. The summed E-state index contributed by atoms with van der Waals surface area (Å²) in [6, 6.07) is 0. The molecule has 2 aromatic rings. The van der Waals surface area contributed by atoms with E-state index in [0.717, 1.165) is 40.4 Å². The minimum atomic E-state index is 0.0305. The summed E-state index contributed by atoms with van der Waals surface area (Å²) in [6.07, 6.45) is 2.68. The van der Waals surface area contributed by atoms with Crippen LogP contribution in [0.4, 0.5) is 0 Å². The van der Waals surface area contributed by atoms with Gasteiger partial charge in [-0.15, -0.1) is 5.10 Å². The van der Waals surface area contributed by atoms with Crippen LogP contribution in [0.3, 0.4) is 0 Å². The summed E-state index contributed by atoms with van der Waals surface area (Å²) in [5.41, 5.74) is 1.91. The summed E-state index contributed by atoms with van der Waals surface area (Å²) in [5, 5.41) is 8.16. The summed E-state index contributed by atoms with van der Waals surface area (Å²) in [5.74, 6) is 0.0305. The van der Waals surface area contributed by atoms with Crippen LogP contribution in [0.5, 0.6) is 0 Å². The van der Waals surface area contributed by atoms with Crippen LogP contribution < -0.4 is 0 Å². The van der Waals surface area contributed by atoms with Crippen LogP contribution in [0.25, 0.3) is 0 Å². The smallest absolute Gasteiger partial charge is 0.182 e. The molecule has 0 radical (unpaired) electrons. The third-order valence-electron chi connectivity index (χ3n) is 2.66. The van der Waals surface area contributed by atoms with Crippen LogP contribution in [0.1, 0.15) is 34.9 Å². The molecule has 2 aromatic heterocycles. The van der Waals surface area contributed by atoms with Gasteiger partial charge in [0, 0.05) is 6.54 Å². The zero-order valence-corrected chi connectivity index (χ0v) is 12.6. The number of ketones is 1. The van der Waals surface area contributed by atoms with Crippen molar-refractivity contribution in [2.24, 2.45) is 0 Å². The summed E-state index contributed by atoms with van der Waals surface area (Å²) in [7, 11) is 0. The molecule has 18 heavy (non-hydrogen) atoms. The molecule has 0 saturated heterocycles. The maximum absolute atomic E-state index is 12.1. The standard InChI is InChI=1S/C11H13BrN4OS/c1-3-7-11(12)8(16(4-2)14-7)5-9(17)10-6-13-15-18-10/h6H,3-5H2,1-2H3. The molecule has 2 rings (SSSR count). The summed E-state index contributed by atoms with van der Waals surface area (Å²) in [6.45, 7) is 4.81. The Morgan fingerprint density at radius 3 is 2.83 bits per heavy atom. The topological polar surface area (TPSA) is 60.7 Å². The van der Waals surface area contributed by atoms with Crippen LogP contribution in [-0.4, -0.2) is 25.2 Å². The highest BCUT2D eigenvalue weighted by Gasteiger charge is 2.18. The second-order valence-electron chi connectivity index (χ2n) is 3.76. The highest BCUT2D eigenvalue weighted by Crippen LogP contribution is 2.24. The fourth-order valence-corrected chi connectivity index (χ4v) is 2.87. The van der Waals surface area contributed by atoms with Gasteiger partial charge in [0.15, 0.2) is 5.78 Å². The largest absolute Gasteiger partial charge is 0.293 e. The van der Waals surface area contributed by atoms with Crippen molar-refractivity contribution >= 4 is 33.2 Å². The van der Waals surface area contributed by atoms with E-state index in [2.05, 4.69) is 30.6 Å². The molecule has 0 saturated carbocycles. The predicted molar refractivity (Wildman–Crippen MR) is 72.9 cm³/mol. The molecule has 0 fully saturated rings. The lowest BCUT2D eigenvalue weighted by atomic mass is 10.2. The number of aromatic nitrogens is 4. The maximum Gasteiger partial charge on any atom is 0.182 e. The van der Waals surface area contributed by atoms with Crippen molar-refractivity contribution in [3.8, 4) is 0 Å². The maximum atomic E-state index is 12.1. The molecule has 96 valence electrons. The SMILES string of the molecule is CCc1nn(CC)c(CC(=O)c2cnns2)c1Br. The molecule has 0 atom stereocenters. The van der Waals surface area contributed by atoms with Gasteiger partial charge in [0.25, 0.3) is 0 Å². The van der Waals surface area contributed by atoms with Gasteiger partial charge in [-0.1, -0.05) is 11.4 Å². The van der Waals surface area contributed by atoms with E-state index >= 15 is 0 Å². The van der Waals surface area contributed by atoms with Crippen molar-refractivity contribution in [2.75, 3.05) is 0 Å². The van der Waals surface area contributed by atoms with E-state index in [1.54, 1.807) is 0 Å². The lowest BCUT2D eigenvalue weighted by molar-refractivity contribution is 0.0994. The molecule has 0 amide bonds. The molecular weight excluding hydrogens is 316 g/mol. The molecule has 7 heteroatoms. The van der Waals surface area contributed by atoms with Gasteiger partial charge in [0.05, 0.1) is 28.5 Å². The van der Waals surface area contributed by atoms with Crippen LogP contribution in [-0.2, 0) is 19.4 Å². The Hall–Kier alpha value is -1.08. The minimum Gasteiger partial charge on any atom is -0.293 e. The normalized spacial score (nSPS) is 10.8. The Morgan fingerprint density at radius 1 is 1.50 bits per heavy atom. The number of Topliss-reactive ketones (excluding diaryl/α,β-unsaturated/α-hetero) is 1. The average molecular weight is 329 g/mol. The Kier molecular flexibility index (Phi) is 4.23. The zero-order chi connectivity index (χ0) is 13.1. The highest BCUT2D eigenvalue weighted by molar-refractivity contribution is 9.10. The van der Waals surface area contributed by atoms with E-state index in [1.807, 2.05) is 18.5 Å². The van der Waals surface area contributed by atoms with Crippen molar-refractivity contribution < 1.29 is 4.79 Å². The number of carbonyl (C=O) groups excluding carboxylic acids is 1. The second-order valence-corrected chi connectivity index (χ2v) is 5.34. The first kappa shape index (κ1) is 13.4. The molecule has 0 N–H and O–H groups in total. The van der Waals surface area contributed by atoms with Gasteiger partial charge in [0.1, 0.15) is 4.88 Å². The van der Waals surface area contributed by atoms with Gasteiger partial charge < -0.3 is 0 Å². The van der Waals surface area contributed by atoms with E-state index in [0.29, 0.717) is 11.3 Å². The first-order valence-electron chi connectivity index (χ1n) is 5.71. The Balaban J connectivity index is 2.28. The number of aryl methyl sites for hydroxylation is 2. The fourth-order valence-electron chi connectivity index (χ4n) is 1.72. The van der Waals surface area contributed by atoms with Gasteiger partial charge in [-0.3, -0.25) is 9.48 Å². The highest BCUT2D eigenvalue weighted by atomic mass is 79.9. The van der Waals surface area contributed by atoms with Gasteiger partial charge in [-0.2, -0.15) is 5.10 Å². The Labute approximate surface area is 118 Å². The summed E-state index contributed by atoms with van der Waals surface area (Å²) in [4.78, 5) is 12.6. The van der Waals surface area contributed by atoms with E-state index in [4.69, 9.17) is 0 Å². The van der Waals surface area contributed by atoms with E-state index in [9.17, 15) is 4.79 Å². The molecule has 0 aliphatic carbocycles. The van der Waals surface area contributed by atoms with Crippen molar-refractivity contribution in [1.82, 2.24) is 19.4 Å². The van der Waals surface area contributed by atoms with E-state index in [-0.39, 0.29) is 5.78 Å². The van der Waals surface area contributed by atoms with Crippen LogP contribution in [0.2, 0.25) is 0 Å². The van der Waals surface area contributed by atoms with Gasteiger partial charge in [0.2, 0.25) is 0 Å². The summed E-state index contributed by atoms with van der Waals surface area (Å²) >= 11 is 4.66. The molecule has 0 unspecified atom stereocenters. The van der Waals surface area contributed by atoms with Crippen LogP contribution in [0.15, 0.2) is 10.7 Å². The average Bonchev–Trinajstić information content (AvgIpc) is 2.99. The lowest BCUT2D eigenvalue weighted by Gasteiger charge is -2.03. The van der Waals surface area contributed by atoms with Crippen LogP contribution in [0, 0.1) is 0 Å².